The second kappa shape index (κ2) is 7.39. The Morgan fingerprint density at radius 2 is 1.76 bits per heavy atom. The van der Waals surface area contributed by atoms with Crippen LogP contribution in [0.3, 0.4) is 0 Å². The molecule has 0 heterocycles. The molecule has 0 aliphatic carbocycles. The fraction of sp³-hybridized carbons (Fsp3) is 0.235. The van der Waals surface area contributed by atoms with Crippen molar-refractivity contribution in [3.05, 3.63) is 65.7 Å². The molecule has 0 aromatic heterocycles. The van der Waals surface area contributed by atoms with Crippen LogP contribution in [0.1, 0.15) is 24.3 Å². The van der Waals surface area contributed by atoms with Crippen molar-refractivity contribution in [1.29, 1.82) is 5.26 Å². The largest absolute Gasteiger partial charge is 0.493 e. The molecule has 1 unspecified atom stereocenters. The van der Waals surface area contributed by atoms with Crippen LogP contribution in [0.4, 0.5) is 8.78 Å². The van der Waals surface area contributed by atoms with Crippen molar-refractivity contribution in [3.8, 4) is 11.8 Å². The molecule has 2 aromatic carbocycles. The monoisotopic (exact) mass is 287 g/mol. The Balaban J connectivity index is 1.83. The average molecular weight is 287 g/mol. The minimum Gasteiger partial charge on any atom is -0.493 e. The van der Waals surface area contributed by atoms with Gasteiger partial charge in [0, 0.05) is 6.07 Å². The molecule has 0 spiro atoms. The maximum atomic E-state index is 13.1. The van der Waals surface area contributed by atoms with Crippen molar-refractivity contribution in [1.82, 2.24) is 0 Å². The molecular formula is C17H15F2NO. The van der Waals surface area contributed by atoms with Crippen LogP contribution in [-0.2, 0) is 0 Å². The van der Waals surface area contributed by atoms with Gasteiger partial charge in [-0.2, -0.15) is 5.26 Å². The molecule has 21 heavy (non-hydrogen) atoms. The van der Waals surface area contributed by atoms with Gasteiger partial charge in [0.2, 0.25) is 0 Å². The molecule has 0 amide bonds. The molecule has 0 bridgehead atoms. The maximum absolute atomic E-state index is 13.1. The van der Waals surface area contributed by atoms with Crippen molar-refractivity contribution in [2.24, 2.45) is 0 Å². The molecule has 1 atom stereocenters. The van der Waals surface area contributed by atoms with Gasteiger partial charge >= 0.3 is 0 Å². The molecular weight excluding hydrogens is 272 g/mol. The van der Waals surface area contributed by atoms with E-state index < -0.39 is 0 Å². The first-order valence-corrected chi connectivity index (χ1v) is 6.72. The highest BCUT2D eigenvalue weighted by Gasteiger charge is 2.11. The lowest BCUT2D eigenvalue weighted by Crippen LogP contribution is -2.02. The summed E-state index contributed by atoms with van der Waals surface area (Å²) in [6.07, 6.45) is 1.19. The van der Waals surface area contributed by atoms with E-state index in [1.807, 2.05) is 0 Å². The SMILES string of the molecule is N#CC(CCCOc1cccc(F)c1)c1cccc(F)c1. The average Bonchev–Trinajstić information content (AvgIpc) is 2.47. The van der Waals surface area contributed by atoms with Gasteiger partial charge in [-0.15, -0.1) is 0 Å². The van der Waals surface area contributed by atoms with E-state index in [4.69, 9.17) is 10.00 Å². The molecule has 2 nitrogen and oxygen atoms in total. The second-order valence-electron chi connectivity index (χ2n) is 4.68. The summed E-state index contributed by atoms with van der Waals surface area (Å²) < 4.78 is 31.5. The number of ether oxygens (including phenoxy) is 1. The van der Waals surface area contributed by atoms with E-state index in [1.54, 1.807) is 24.3 Å². The smallest absolute Gasteiger partial charge is 0.126 e. The lowest BCUT2D eigenvalue weighted by Gasteiger charge is -2.10. The number of nitrogens with zero attached hydrogens (tertiary/aromatic N) is 1. The standard InChI is InChI=1S/C17H15F2NO/c18-15-6-1-4-13(10-15)14(12-20)5-3-9-21-17-8-2-7-16(19)11-17/h1-2,4,6-8,10-11,14H,3,5,9H2. The summed E-state index contributed by atoms with van der Waals surface area (Å²) in [5, 5.41) is 9.16. The van der Waals surface area contributed by atoms with Gasteiger partial charge in [-0.1, -0.05) is 18.2 Å². The van der Waals surface area contributed by atoms with Crippen LogP contribution in [0.25, 0.3) is 0 Å². The first kappa shape index (κ1) is 15.0. The number of benzene rings is 2. The first-order valence-electron chi connectivity index (χ1n) is 6.72. The highest BCUT2D eigenvalue weighted by Crippen LogP contribution is 2.21. The third-order valence-electron chi connectivity index (χ3n) is 3.11. The van der Waals surface area contributed by atoms with Crippen LogP contribution in [0, 0.1) is 23.0 Å². The van der Waals surface area contributed by atoms with Crippen LogP contribution in [0.2, 0.25) is 0 Å². The minimum absolute atomic E-state index is 0.344. The topological polar surface area (TPSA) is 33.0 Å². The highest BCUT2D eigenvalue weighted by atomic mass is 19.1. The van der Waals surface area contributed by atoms with Gasteiger partial charge in [-0.3, -0.25) is 0 Å². The van der Waals surface area contributed by atoms with E-state index in [-0.39, 0.29) is 17.6 Å². The lowest BCUT2D eigenvalue weighted by atomic mass is 9.96. The second-order valence-corrected chi connectivity index (χ2v) is 4.68. The predicted octanol–water partition coefficient (Wildman–Crippen LogP) is 4.43. The minimum atomic E-state index is -0.364. The zero-order valence-corrected chi connectivity index (χ0v) is 11.4. The molecule has 0 saturated heterocycles. The van der Waals surface area contributed by atoms with Gasteiger partial charge in [0.25, 0.3) is 0 Å². The van der Waals surface area contributed by atoms with Gasteiger partial charge in [-0.05, 0) is 42.7 Å². The molecule has 0 radical (unpaired) electrons. The fourth-order valence-corrected chi connectivity index (χ4v) is 2.06. The third kappa shape index (κ3) is 4.57. The van der Waals surface area contributed by atoms with E-state index in [9.17, 15) is 8.78 Å². The van der Waals surface area contributed by atoms with E-state index in [2.05, 4.69) is 6.07 Å². The molecule has 4 heteroatoms. The van der Waals surface area contributed by atoms with Crippen molar-refractivity contribution >= 4 is 0 Å². The van der Waals surface area contributed by atoms with Gasteiger partial charge in [0.05, 0.1) is 18.6 Å². The van der Waals surface area contributed by atoms with E-state index in [0.717, 1.165) is 0 Å². The zero-order valence-electron chi connectivity index (χ0n) is 11.4. The van der Waals surface area contributed by atoms with Crippen LogP contribution < -0.4 is 4.74 Å². The number of hydrogen-bond acceptors (Lipinski definition) is 2. The lowest BCUT2D eigenvalue weighted by molar-refractivity contribution is 0.303. The summed E-state index contributed by atoms with van der Waals surface area (Å²) in [5.41, 5.74) is 0.670. The summed E-state index contributed by atoms with van der Waals surface area (Å²) in [6, 6.07) is 14.2. The number of halogens is 2. The fourth-order valence-electron chi connectivity index (χ4n) is 2.06. The van der Waals surface area contributed by atoms with Crippen LogP contribution in [0.5, 0.6) is 5.75 Å². The zero-order chi connectivity index (χ0) is 15.1. The summed E-state index contributed by atoms with van der Waals surface area (Å²) in [5.74, 6) is -0.586. The Labute approximate surface area is 122 Å². The number of nitriles is 1. The summed E-state index contributed by atoms with van der Waals surface area (Å²) >= 11 is 0. The summed E-state index contributed by atoms with van der Waals surface area (Å²) in [6.45, 7) is 0.386. The van der Waals surface area contributed by atoms with Crippen LogP contribution in [-0.4, -0.2) is 6.61 Å². The Morgan fingerprint density at radius 3 is 2.43 bits per heavy atom. The number of hydrogen-bond donors (Lipinski definition) is 0. The van der Waals surface area contributed by atoms with Crippen molar-refractivity contribution in [2.75, 3.05) is 6.61 Å². The Bertz CT molecular complexity index is 637. The molecule has 0 fully saturated rings. The Kier molecular flexibility index (Phi) is 5.28. The van der Waals surface area contributed by atoms with Gasteiger partial charge in [-0.25, -0.2) is 8.78 Å². The normalized spacial score (nSPS) is 11.7. The van der Waals surface area contributed by atoms with E-state index in [1.165, 1.54) is 24.3 Å². The van der Waals surface area contributed by atoms with E-state index in [0.29, 0.717) is 30.8 Å². The Morgan fingerprint density at radius 1 is 1.05 bits per heavy atom. The maximum Gasteiger partial charge on any atom is 0.126 e. The number of rotatable bonds is 6. The third-order valence-corrected chi connectivity index (χ3v) is 3.11. The van der Waals surface area contributed by atoms with Crippen molar-refractivity contribution < 1.29 is 13.5 Å². The first-order chi connectivity index (χ1) is 10.2. The molecule has 0 aliphatic rings. The molecule has 0 N–H and O–H groups in total. The van der Waals surface area contributed by atoms with Crippen LogP contribution in [0.15, 0.2) is 48.5 Å². The van der Waals surface area contributed by atoms with Gasteiger partial charge < -0.3 is 4.74 Å². The quantitative estimate of drug-likeness (QED) is 0.736. The van der Waals surface area contributed by atoms with E-state index >= 15 is 0 Å². The summed E-state index contributed by atoms with van der Waals surface area (Å²) in [7, 11) is 0. The molecule has 2 rings (SSSR count). The predicted molar refractivity (Wildman–Crippen MR) is 75.9 cm³/mol. The molecule has 0 aliphatic heterocycles. The molecule has 108 valence electrons. The molecule has 0 saturated carbocycles. The molecule has 2 aromatic rings. The highest BCUT2D eigenvalue weighted by molar-refractivity contribution is 5.25. The Hall–Kier alpha value is -2.41. The van der Waals surface area contributed by atoms with Gasteiger partial charge in [0.1, 0.15) is 17.4 Å². The summed E-state index contributed by atoms with van der Waals surface area (Å²) in [4.78, 5) is 0. The van der Waals surface area contributed by atoms with Crippen molar-refractivity contribution in [2.45, 2.75) is 18.8 Å². The van der Waals surface area contributed by atoms with Gasteiger partial charge in [0.15, 0.2) is 0 Å². The van der Waals surface area contributed by atoms with Crippen LogP contribution >= 0.6 is 0 Å². The van der Waals surface area contributed by atoms with Crippen molar-refractivity contribution in [3.63, 3.8) is 0 Å².